The number of likely N-dealkylation sites (tertiary alicyclic amines) is 1. The summed E-state index contributed by atoms with van der Waals surface area (Å²) in [6.07, 6.45) is 3.10. The molecule has 0 atom stereocenters. The van der Waals surface area contributed by atoms with E-state index in [0.717, 1.165) is 47.7 Å². The average Bonchev–Trinajstić information content (AvgIpc) is 2.95. The Morgan fingerprint density at radius 1 is 0.724 bits per heavy atom. The monoisotopic (exact) mass is 391 g/mol. The fourth-order valence-corrected chi connectivity index (χ4v) is 4.06. The summed E-state index contributed by atoms with van der Waals surface area (Å²) in [7, 11) is 0. The summed E-state index contributed by atoms with van der Waals surface area (Å²) in [5.41, 5.74) is 2.17. The first-order chi connectivity index (χ1) is 14.1. The first-order valence-electron chi connectivity index (χ1n) is 10.1. The summed E-state index contributed by atoms with van der Waals surface area (Å²) in [5, 5.41) is 0. The van der Waals surface area contributed by atoms with E-state index in [9.17, 15) is 14.4 Å². The number of imide groups is 2. The number of amides is 4. The van der Waals surface area contributed by atoms with Gasteiger partial charge in [0.2, 0.25) is 0 Å². The number of benzene rings is 2. The minimum atomic E-state index is -0.738. The highest BCUT2D eigenvalue weighted by Gasteiger charge is 2.45. The van der Waals surface area contributed by atoms with Crippen molar-refractivity contribution in [1.29, 1.82) is 0 Å². The van der Waals surface area contributed by atoms with E-state index in [-0.39, 0.29) is 13.2 Å². The van der Waals surface area contributed by atoms with Gasteiger partial charge in [-0.1, -0.05) is 60.7 Å². The number of nitrogens with zero attached hydrogens (tertiary/aromatic N) is 3. The standard InChI is InChI=1S/C23H25N3O3/c27-21-22(28)26(23(29)25(21)16-20-9-5-2-6-10-20)17-24-13-11-19(12-14-24)15-18-7-3-1-4-8-18/h1-10,19H,11-17H2. The van der Waals surface area contributed by atoms with Gasteiger partial charge in [-0.2, -0.15) is 0 Å². The van der Waals surface area contributed by atoms with Crippen molar-refractivity contribution >= 4 is 17.8 Å². The van der Waals surface area contributed by atoms with Crippen molar-refractivity contribution in [3.8, 4) is 0 Å². The fourth-order valence-electron chi connectivity index (χ4n) is 4.06. The molecule has 2 aromatic rings. The zero-order valence-corrected chi connectivity index (χ0v) is 16.4. The second-order valence-electron chi connectivity index (χ2n) is 7.79. The first kappa shape index (κ1) is 19.3. The van der Waals surface area contributed by atoms with Gasteiger partial charge in [0.05, 0.1) is 13.2 Å². The van der Waals surface area contributed by atoms with Crippen LogP contribution in [0.4, 0.5) is 4.79 Å². The number of rotatable bonds is 6. The van der Waals surface area contributed by atoms with Crippen molar-refractivity contribution in [3.05, 3.63) is 71.8 Å². The summed E-state index contributed by atoms with van der Waals surface area (Å²) < 4.78 is 0. The molecule has 4 amide bonds. The molecule has 29 heavy (non-hydrogen) atoms. The fraction of sp³-hybridized carbons (Fsp3) is 0.348. The van der Waals surface area contributed by atoms with Gasteiger partial charge in [0.15, 0.2) is 0 Å². The lowest BCUT2D eigenvalue weighted by atomic mass is 9.90. The molecule has 0 unspecified atom stereocenters. The lowest BCUT2D eigenvalue weighted by Crippen LogP contribution is -2.45. The molecular weight excluding hydrogens is 366 g/mol. The number of hydrogen-bond acceptors (Lipinski definition) is 4. The van der Waals surface area contributed by atoms with E-state index in [1.807, 2.05) is 36.4 Å². The van der Waals surface area contributed by atoms with Crippen molar-refractivity contribution in [1.82, 2.24) is 14.7 Å². The molecule has 2 saturated heterocycles. The van der Waals surface area contributed by atoms with Gasteiger partial charge in [0, 0.05) is 13.1 Å². The van der Waals surface area contributed by atoms with E-state index >= 15 is 0 Å². The van der Waals surface area contributed by atoms with E-state index in [0.29, 0.717) is 5.92 Å². The van der Waals surface area contributed by atoms with E-state index in [1.165, 1.54) is 5.56 Å². The largest absolute Gasteiger partial charge is 0.335 e. The molecule has 150 valence electrons. The van der Waals surface area contributed by atoms with Crippen LogP contribution in [0.2, 0.25) is 0 Å². The Labute approximate surface area is 170 Å². The highest BCUT2D eigenvalue weighted by atomic mass is 16.2. The lowest BCUT2D eigenvalue weighted by molar-refractivity contribution is -0.144. The van der Waals surface area contributed by atoms with Crippen LogP contribution in [0.15, 0.2) is 60.7 Å². The molecule has 2 heterocycles. The van der Waals surface area contributed by atoms with Gasteiger partial charge in [-0.15, -0.1) is 0 Å². The van der Waals surface area contributed by atoms with Crippen LogP contribution in [0.5, 0.6) is 0 Å². The molecule has 6 nitrogen and oxygen atoms in total. The summed E-state index contributed by atoms with van der Waals surface area (Å²) in [6, 6.07) is 19.2. The second-order valence-corrected chi connectivity index (χ2v) is 7.79. The van der Waals surface area contributed by atoms with Crippen molar-refractivity contribution in [2.24, 2.45) is 5.92 Å². The highest BCUT2D eigenvalue weighted by Crippen LogP contribution is 2.23. The molecule has 0 aliphatic carbocycles. The summed E-state index contributed by atoms with van der Waals surface area (Å²) in [4.78, 5) is 41.6. The third kappa shape index (κ3) is 4.38. The van der Waals surface area contributed by atoms with Crippen molar-refractivity contribution in [2.75, 3.05) is 19.8 Å². The summed E-state index contributed by atoms with van der Waals surface area (Å²) in [6.45, 7) is 1.95. The Kier molecular flexibility index (Phi) is 5.71. The summed E-state index contributed by atoms with van der Waals surface area (Å²) >= 11 is 0. The number of carbonyl (C=O) groups excluding carboxylic acids is 3. The first-order valence-corrected chi connectivity index (χ1v) is 10.1. The Morgan fingerprint density at radius 2 is 1.28 bits per heavy atom. The van der Waals surface area contributed by atoms with Gasteiger partial charge in [-0.3, -0.25) is 19.4 Å². The van der Waals surface area contributed by atoms with Gasteiger partial charge in [0.25, 0.3) is 0 Å². The molecule has 0 aromatic heterocycles. The minimum Gasteiger partial charge on any atom is -0.285 e. The molecule has 2 fully saturated rings. The predicted octanol–water partition coefficient (Wildman–Crippen LogP) is 2.89. The quantitative estimate of drug-likeness (QED) is 0.561. The van der Waals surface area contributed by atoms with Crippen LogP contribution in [-0.4, -0.2) is 52.3 Å². The molecule has 0 N–H and O–H groups in total. The zero-order valence-electron chi connectivity index (χ0n) is 16.4. The van der Waals surface area contributed by atoms with Crippen LogP contribution in [0, 0.1) is 5.92 Å². The Morgan fingerprint density at radius 3 is 1.90 bits per heavy atom. The molecule has 0 spiro atoms. The normalized spacial score (nSPS) is 18.7. The van der Waals surface area contributed by atoms with Gasteiger partial charge >= 0.3 is 17.8 Å². The number of carbonyl (C=O) groups is 3. The molecule has 0 saturated carbocycles. The minimum absolute atomic E-state index is 0.125. The molecule has 2 aliphatic heterocycles. The van der Waals surface area contributed by atoms with Gasteiger partial charge in [-0.05, 0) is 36.3 Å². The molecule has 0 radical (unpaired) electrons. The second kappa shape index (κ2) is 8.57. The number of urea groups is 1. The molecule has 2 aromatic carbocycles. The van der Waals surface area contributed by atoms with Crippen molar-refractivity contribution in [3.63, 3.8) is 0 Å². The number of hydrogen-bond donors (Lipinski definition) is 0. The Balaban J connectivity index is 1.32. The Hall–Kier alpha value is -2.99. The van der Waals surface area contributed by atoms with Crippen molar-refractivity contribution < 1.29 is 14.4 Å². The number of piperidine rings is 1. The third-order valence-corrected chi connectivity index (χ3v) is 5.73. The average molecular weight is 391 g/mol. The van der Waals surface area contributed by atoms with Gasteiger partial charge in [0.1, 0.15) is 0 Å². The van der Waals surface area contributed by atoms with Crippen LogP contribution < -0.4 is 0 Å². The van der Waals surface area contributed by atoms with Crippen LogP contribution in [0.25, 0.3) is 0 Å². The van der Waals surface area contributed by atoms with Gasteiger partial charge in [-0.25, -0.2) is 9.69 Å². The molecule has 4 rings (SSSR count). The van der Waals surface area contributed by atoms with Crippen molar-refractivity contribution in [2.45, 2.75) is 25.8 Å². The molecular formula is C23H25N3O3. The topological polar surface area (TPSA) is 60.9 Å². The summed E-state index contributed by atoms with van der Waals surface area (Å²) in [5.74, 6) is -0.856. The van der Waals surface area contributed by atoms with Crippen LogP contribution in [0.3, 0.4) is 0 Å². The van der Waals surface area contributed by atoms with E-state index < -0.39 is 17.8 Å². The molecule has 0 bridgehead atoms. The lowest BCUT2D eigenvalue weighted by Gasteiger charge is -2.33. The smallest absolute Gasteiger partial charge is 0.285 e. The molecule has 2 aliphatic rings. The van der Waals surface area contributed by atoms with Crippen LogP contribution in [-0.2, 0) is 22.6 Å². The Bertz CT molecular complexity index is 877. The van der Waals surface area contributed by atoms with E-state index in [1.54, 1.807) is 0 Å². The maximum absolute atomic E-state index is 12.7. The van der Waals surface area contributed by atoms with Crippen LogP contribution >= 0.6 is 0 Å². The third-order valence-electron chi connectivity index (χ3n) is 5.73. The SMILES string of the molecule is O=C1C(=O)N(CN2CCC(Cc3ccccc3)CC2)C(=O)N1Cc1ccccc1. The maximum atomic E-state index is 12.7. The maximum Gasteiger partial charge on any atom is 0.335 e. The van der Waals surface area contributed by atoms with Crippen LogP contribution in [0.1, 0.15) is 24.0 Å². The van der Waals surface area contributed by atoms with E-state index in [2.05, 4.69) is 29.2 Å². The van der Waals surface area contributed by atoms with E-state index in [4.69, 9.17) is 0 Å². The van der Waals surface area contributed by atoms with Gasteiger partial charge < -0.3 is 0 Å². The zero-order chi connectivity index (χ0) is 20.2. The molecule has 6 heteroatoms. The predicted molar refractivity (Wildman–Crippen MR) is 109 cm³/mol. The highest BCUT2D eigenvalue weighted by molar-refractivity contribution is 6.44.